The number of morpholine rings is 1. The number of benzene rings is 1. The van der Waals surface area contributed by atoms with Crippen LogP contribution in [0, 0.1) is 0 Å². The summed E-state index contributed by atoms with van der Waals surface area (Å²) in [4.78, 5) is 2.59. The van der Waals surface area contributed by atoms with Crippen molar-refractivity contribution in [3.05, 3.63) is 42.2 Å². The molecule has 1 aliphatic heterocycles. The summed E-state index contributed by atoms with van der Waals surface area (Å²) in [6, 6.07) is 7.12. The topological polar surface area (TPSA) is 64.4 Å². The molecule has 2 aromatic rings. The first-order valence-electron chi connectivity index (χ1n) is 8.05. The minimum absolute atomic E-state index is 0.114. The van der Waals surface area contributed by atoms with Crippen molar-refractivity contribution in [3.63, 3.8) is 0 Å². The fraction of sp³-hybridized carbons (Fsp3) is 0.471. The second-order valence-electron chi connectivity index (χ2n) is 6.30. The Hall–Kier alpha value is -1.86. The highest BCUT2D eigenvalue weighted by atomic mass is 32.2. The van der Waals surface area contributed by atoms with Crippen LogP contribution in [0.5, 0.6) is 0 Å². The number of rotatable bonds is 4. The number of aryl methyl sites for hydroxylation is 1. The quantitative estimate of drug-likeness (QED) is 0.844. The van der Waals surface area contributed by atoms with Gasteiger partial charge in [0.05, 0.1) is 30.0 Å². The summed E-state index contributed by atoms with van der Waals surface area (Å²) in [6.07, 6.45) is 3.81. The highest BCUT2D eigenvalue weighted by Crippen LogP contribution is 2.31. The van der Waals surface area contributed by atoms with E-state index in [1.807, 2.05) is 31.6 Å². The van der Waals surface area contributed by atoms with Gasteiger partial charge in [-0.2, -0.15) is 5.10 Å². The fourth-order valence-corrected chi connectivity index (χ4v) is 3.87. The number of hydrogen-bond acceptors (Lipinski definition) is 5. The molecule has 0 spiro atoms. The molecular formula is C17H23N3O3S. The lowest BCUT2D eigenvalue weighted by Crippen LogP contribution is -2.48. The molecule has 1 aromatic heterocycles. The molecule has 1 aliphatic rings. The number of aromatic nitrogens is 2. The van der Waals surface area contributed by atoms with E-state index in [-0.39, 0.29) is 5.75 Å². The van der Waals surface area contributed by atoms with E-state index < -0.39 is 15.4 Å². The average molecular weight is 349 g/mol. The minimum Gasteiger partial charge on any atom is -0.367 e. The Balaban J connectivity index is 1.82. The Kier molecular flexibility index (Phi) is 4.40. The summed E-state index contributed by atoms with van der Waals surface area (Å²) in [5, 5.41) is 4.23. The zero-order valence-electron chi connectivity index (χ0n) is 14.3. The normalized spacial score (nSPS) is 21.9. The monoisotopic (exact) mass is 349 g/mol. The fourth-order valence-electron chi connectivity index (χ4n) is 2.99. The molecule has 1 aromatic carbocycles. The summed E-state index contributed by atoms with van der Waals surface area (Å²) >= 11 is 0. The van der Waals surface area contributed by atoms with Crippen LogP contribution in [0.2, 0.25) is 0 Å². The molecule has 0 bridgehead atoms. The van der Waals surface area contributed by atoms with Crippen molar-refractivity contribution < 1.29 is 13.2 Å². The van der Waals surface area contributed by atoms with Crippen molar-refractivity contribution in [1.29, 1.82) is 0 Å². The highest BCUT2D eigenvalue weighted by Gasteiger charge is 2.35. The van der Waals surface area contributed by atoms with Gasteiger partial charge in [0.1, 0.15) is 5.60 Å². The van der Waals surface area contributed by atoms with Crippen molar-refractivity contribution in [2.24, 2.45) is 7.05 Å². The van der Waals surface area contributed by atoms with Gasteiger partial charge in [-0.3, -0.25) is 4.68 Å². The maximum Gasteiger partial charge on any atom is 0.178 e. The molecule has 130 valence electrons. The van der Waals surface area contributed by atoms with Gasteiger partial charge in [-0.1, -0.05) is 6.92 Å². The predicted molar refractivity (Wildman–Crippen MR) is 92.9 cm³/mol. The summed E-state index contributed by atoms with van der Waals surface area (Å²) in [5.74, 6) is 0.114. The van der Waals surface area contributed by atoms with Crippen LogP contribution in [-0.2, 0) is 27.2 Å². The number of sulfone groups is 1. The minimum atomic E-state index is -3.16. The number of anilines is 1. The Morgan fingerprint density at radius 1 is 1.29 bits per heavy atom. The first-order chi connectivity index (χ1) is 11.3. The van der Waals surface area contributed by atoms with Crippen LogP contribution in [-0.4, -0.2) is 43.6 Å². The average Bonchev–Trinajstić information content (AvgIpc) is 3.02. The SMILES string of the molecule is CCS(=O)(=O)c1ccc(N2CCO[C@@](C)(c3cnn(C)c3)C2)cc1. The van der Waals surface area contributed by atoms with E-state index in [4.69, 9.17) is 4.74 Å². The van der Waals surface area contributed by atoms with Crippen molar-refractivity contribution in [2.45, 2.75) is 24.3 Å². The predicted octanol–water partition coefficient (Wildman–Crippen LogP) is 1.97. The number of ether oxygens (including phenoxy) is 1. The smallest absolute Gasteiger partial charge is 0.178 e. The summed E-state index contributed by atoms with van der Waals surface area (Å²) in [5.41, 5.74) is 1.61. The molecule has 0 saturated carbocycles. The van der Waals surface area contributed by atoms with E-state index >= 15 is 0 Å². The third kappa shape index (κ3) is 3.18. The molecule has 0 aliphatic carbocycles. The Bertz CT molecular complexity index is 814. The van der Waals surface area contributed by atoms with Gasteiger partial charge < -0.3 is 9.64 Å². The van der Waals surface area contributed by atoms with Gasteiger partial charge in [0, 0.05) is 31.0 Å². The molecule has 6 nitrogen and oxygen atoms in total. The van der Waals surface area contributed by atoms with Crippen LogP contribution in [0.15, 0.2) is 41.6 Å². The van der Waals surface area contributed by atoms with Crippen molar-refractivity contribution in [3.8, 4) is 0 Å². The zero-order valence-corrected chi connectivity index (χ0v) is 15.1. The van der Waals surface area contributed by atoms with Crippen LogP contribution in [0.3, 0.4) is 0 Å². The van der Waals surface area contributed by atoms with Gasteiger partial charge in [-0.05, 0) is 31.2 Å². The zero-order chi connectivity index (χ0) is 17.4. The molecule has 7 heteroatoms. The molecule has 1 saturated heterocycles. The molecule has 1 fully saturated rings. The molecule has 2 heterocycles. The number of nitrogens with zero attached hydrogens (tertiary/aromatic N) is 3. The van der Waals surface area contributed by atoms with Gasteiger partial charge in [-0.15, -0.1) is 0 Å². The molecule has 1 atom stereocenters. The molecule has 24 heavy (non-hydrogen) atoms. The van der Waals surface area contributed by atoms with E-state index in [0.717, 1.165) is 17.8 Å². The standard InChI is InChI=1S/C17H23N3O3S/c1-4-24(21,22)16-7-5-15(6-8-16)20-9-10-23-17(2,13-20)14-11-18-19(3)12-14/h5-8,11-12H,4,9-10,13H2,1-3H3/t17-/m1/s1. The summed E-state index contributed by atoms with van der Waals surface area (Å²) < 4.78 is 31.7. The Labute approximate surface area is 143 Å². The van der Waals surface area contributed by atoms with Crippen LogP contribution in [0.25, 0.3) is 0 Å². The largest absolute Gasteiger partial charge is 0.367 e. The Morgan fingerprint density at radius 2 is 2.00 bits per heavy atom. The summed E-state index contributed by atoms with van der Waals surface area (Å²) in [6.45, 7) is 5.80. The van der Waals surface area contributed by atoms with Crippen molar-refractivity contribution >= 4 is 15.5 Å². The van der Waals surface area contributed by atoms with Gasteiger partial charge in [0.25, 0.3) is 0 Å². The first-order valence-corrected chi connectivity index (χ1v) is 9.70. The van der Waals surface area contributed by atoms with Gasteiger partial charge in [0.15, 0.2) is 9.84 Å². The molecule has 0 amide bonds. The Morgan fingerprint density at radius 3 is 2.58 bits per heavy atom. The number of hydrogen-bond donors (Lipinski definition) is 0. The van der Waals surface area contributed by atoms with E-state index in [9.17, 15) is 8.42 Å². The lowest BCUT2D eigenvalue weighted by molar-refractivity contribution is -0.0466. The molecule has 3 rings (SSSR count). The molecule has 0 unspecified atom stereocenters. The summed E-state index contributed by atoms with van der Waals surface area (Å²) in [7, 11) is -1.27. The van der Waals surface area contributed by atoms with E-state index in [1.54, 1.807) is 23.7 Å². The molecular weight excluding hydrogens is 326 g/mol. The maximum absolute atomic E-state index is 11.9. The van der Waals surface area contributed by atoms with Crippen LogP contribution in [0.4, 0.5) is 5.69 Å². The second-order valence-corrected chi connectivity index (χ2v) is 8.58. The van der Waals surface area contributed by atoms with Crippen LogP contribution >= 0.6 is 0 Å². The van der Waals surface area contributed by atoms with Crippen molar-refractivity contribution in [1.82, 2.24) is 9.78 Å². The van der Waals surface area contributed by atoms with E-state index in [2.05, 4.69) is 16.9 Å². The molecule has 0 N–H and O–H groups in total. The molecule has 0 radical (unpaired) electrons. The first kappa shape index (κ1) is 17.0. The highest BCUT2D eigenvalue weighted by molar-refractivity contribution is 7.91. The van der Waals surface area contributed by atoms with Crippen LogP contribution in [0.1, 0.15) is 19.4 Å². The van der Waals surface area contributed by atoms with Gasteiger partial charge in [0.2, 0.25) is 0 Å². The van der Waals surface area contributed by atoms with Crippen LogP contribution < -0.4 is 4.90 Å². The van der Waals surface area contributed by atoms with E-state index in [1.165, 1.54) is 0 Å². The van der Waals surface area contributed by atoms with E-state index in [0.29, 0.717) is 18.0 Å². The third-order valence-electron chi connectivity index (χ3n) is 4.53. The van der Waals surface area contributed by atoms with Gasteiger partial charge in [-0.25, -0.2) is 8.42 Å². The lowest BCUT2D eigenvalue weighted by Gasteiger charge is -2.41. The maximum atomic E-state index is 11.9. The lowest BCUT2D eigenvalue weighted by atomic mass is 9.96. The second kappa shape index (κ2) is 6.22. The van der Waals surface area contributed by atoms with Crippen molar-refractivity contribution in [2.75, 3.05) is 30.3 Å². The van der Waals surface area contributed by atoms with Gasteiger partial charge >= 0.3 is 0 Å². The third-order valence-corrected chi connectivity index (χ3v) is 6.28.